The Morgan fingerprint density at radius 3 is 2.32 bits per heavy atom. The Kier molecular flexibility index (Phi) is 5.91. The van der Waals surface area contributed by atoms with Crippen molar-refractivity contribution in [3.05, 3.63) is 35.9 Å². The van der Waals surface area contributed by atoms with E-state index in [0.29, 0.717) is 0 Å². The maximum absolute atomic E-state index is 3.71. The van der Waals surface area contributed by atoms with Gasteiger partial charge in [-0.3, -0.25) is 0 Å². The number of rotatable bonds is 6. The Morgan fingerprint density at radius 2 is 1.74 bits per heavy atom. The van der Waals surface area contributed by atoms with Crippen molar-refractivity contribution in [1.29, 1.82) is 0 Å². The lowest BCUT2D eigenvalue weighted by Crippen LogP contribution is -2.37. The van der Waals surface area contributed by atoms with Crippen LogP contribution in [0.25, 0.3) is 0 Å². The van der Waals surface area contributed by atoms with E-state index in [1.807, 2.05) is 0 Å². The van der Waals surface area contributed by atoms with Gasteiger partial charge >= 0.3 is 0 Å². The Balaban J connectivity index is 1.87. The average molecular weight is 259 g/mol. The molecule has 0 saturated heterocycles. The molecule has 0 heterocycles. The Morgan fingerprint density at radius 1 is 1.05 bits per heavy atom. The van der Waals surface area contributed by atoms with Crippen molar-refractivity contribution in [2.75, 3.05) is 6.54 Å². The van der Waals surface area contributed by atoms with Crippen LogP contribution in [-0.4, -0.2) is 12.6 Å². The summed E-state index contributed by atoms with van der Waals surface area (Å²) in [6.07, 6.45) is 8.19. The third kappa shape index (κ3) is 4.07. The zero-order chi connectivity index (χ0) is 13.5. The molecule has 0 amide bonds. The van der Waals surface area contributed by atoms with E-state index >= 15 is 0 Å². The molecule has 1 atom stereocenters. The van der Waals surface area contributed by atoms with Gasteiger partial charge in [-0.2, -0.15) is 0 Å². The normalized spacial score (nSPS) is 25.2. The first-order chi connectivity index (χ1) is 9.35. The summed E-state index contributed by atoms with van der Waals surface area (Å²) in [5.41, 5.74) is 1.55. The summed E-state index contributed by atoms with van der Waals surface area (Å²) in [4.78, 5) is 0. The molecule has 106 valence electrons. The highest BCUT2D eigenvalue weighted by atomic mass is 14.9. The molecule has 1 nitrogen and oxygen atoms in total. The van der Waals surface area contributed by atoms with Crippen molar-refractivity contribution in [3.8, 4) is 0 Å². The van der Waals surface area contributed by atoms with E-state index in [1.165, 1.54) is 38.5 Å². The molecular formula is C18H29N. The van der Waals surface area contributed by atoms with Crippen LogP contribution in [-0.2, 0) is 0 Å². The predicted molar refractivity (Wildman–Crippen MR) is 83.5 cm³/mol. The molecule has 0 aromatic heterocycles. The van der Waals surface area contributed by atoms with Gasteiger partial charge in [-0.05, 0) is 56.0 Å². The lowest BCUT2D eigenvalue weighted by atomic mass is 9.75. The van der Waals surface area contributed by atoms with Crippen molar-refractivity contribution in [2.45, 2.75) is 64.3 Å². The van der Waals surface area contributed by atoms with Crippen LogP contribution in [0.1, 0.15) is 63.9 Å². The van der Waals surface area contributed by atoms with Crippen molar-refractivity contribution < 1.29 is 0 Å². The molecule has 1 aliphatic carbocycles. The van der Waals surface area contributed by atoms with Gasteiger partial charge in [0, 0.05) is 6.04 Å². The molecule has 1 aromatic carbocycles. The minimum Gasteiger partial charge on any atom is -0.314 e. The fourth-order valence-electron chi connectivity index (χ4n) is 3.66. The Bertz CT molecular complexity index is 332. The molecule has 0 aliphatic heterocycles. The summed E-state index contributed by atoms with van der Waals surface area (Å²) < 4.78 is 0. The van der Waals surface area contributed by atoms with E-state index in [-0.39, 0.29) is 0 Å². The maximum atomic E-state index is 3.71. The lowest BCUT2D eigenvalue weighted by Gasteiger charge is -2.34. The fraction of sp³-hybridized carbons (Fsp3) is 0.667. The first kappa shape index (κ1) is 14.6. The summed E-state index contributed by atoms with van der Waals surface area (Å²) in [7, 11) is 0. The molecule has 1 heteroatoms. The summed E-state index contributed by atoms with van der Waals surface area (Å²) in [5, 5.41) is 3.71. The highest BCUT2D eigenvalue weighted by Gasteiger charge is 2.27. The summed E-state index contributed by atoms with van der Waals surface area (Å²) in [6, 6.07) is 11.8. The standard InChI is InChI=1S/C18H29N/c1-3-8-18(19-4-2)17-13-11-16(12-14-17)15-9-6-5-7-10-15/h5-7,9-10,16-19H,3-4,8,11-14H2,1-2H3. The van der Waals surface area contributed by atoms with Crippen LogP contribution in [0.5, 0.6) is 0 Å². The van der Waals surface area contributed by atoms with Crippen LogP contribution in [0.15, 0.2) is 30.3 Å². The predicted octanol–water partition coefficient (Wildman–Crippen LogP) is 4.74. The van der Waals surface area contributed by atoms with Crippen LogP contribution in [0.4, 0.5) is 0 Å². The van der Waals surface area contributed by atoms with E-state index < -0.39 is 0 Å². The van der Waals surface area contributed by atoms with Crippen molar-refractivity contribution in [1.82, 2.24) is 5.32 Å². The molecule has 0 bridgehead atoms. The molecule has 19 heavy (non-hydrogen) atoms. The first-order valence-corrected chi connectivity index (χ1v) is 8.13. The van der Waals surface area contributed by atoms with Gasteiger partial charge < -0.3 is 5.32 Å². The second kappa shape index (κ2) is 7.69. The minimum atomic E-state index is 0.756. The topological polar surface area (TPSA) is 12.0 Å². The van der Waals surface area contributed by atoms with Gasteiger partial charge in [-0.25, -0.2) is 0 Å². The van der Waals surface area contributed by atoms with Crippen LogP contribution in [0, 0.1) is 5.92 Å². The van der Waals surface area contributed by atoms with Gasteiger partial charge in [0.25, 0.3) is 0 Å². The average Bonchev–Trinajstić information content (AvgIpc) is 2.48. The molecule has 1 saturated carbocycles. The zero-order valence-corrected chi connectivity index (χ0v) is 12.6. The summed E-state index contributed by atoms with van der Waals surface area (Å²) >= 11 is 0. The summed E-state index contributed by atoms with van der Waals surface area (Å²) in [6.45, 7) is 5.65. The molecule has 1 fully saturated rings. The van der Waals surface area contributed by atoms with E-state index in [9.17, 15) is 0 Å². The van der Waals surface area contributed by atoms with Crippen LogP contribution in [0.3, 0.4) is 0 Å². The molecule has 1 aromatic rings. The lowest BCUT2D eigenvalue weighted by molar-refractivity contribution is 0.243. The molecule has 0 radical (unpaired) electrons. The third-order valence-corrected chi connectivity index (χ3v) is 4.68. The largest absolute Gasteiger partial charge is 0.314 e. The highest BCUT2D eigenvalue weighted by molar-refractivity contribution is 5.19. The second-order valence-electron chi connectivity index (χ2n) is 5.98. The van der Waals surface area contributed by atoms with Gasteiger partial charge in [0.05, 0.1) is 0 Å². The molecule has 1 aliphatic rings. The van der Waals surface area contributed by atoms with E-state index in [0.717, 1.165) is 24.4 Å². The van der Waals surface area contributed by atoms with Gasteiger partial charge in [0.15, 0.2) is 0 Å². The molecule has 2 rings (SSSR count). The number of hydrogen-bond acceptors (Lipinski definition) is 1. The number of nitrogens with one attached hydrogen (secondary N) is 1. The quantitative estimate of drug-likeness (QED) is 0.778. The van der Waals surface area contributed by atoms with E-state index in [1.54, 1.807) is 5.56 Å². The smallest absolute Gasteiger partial charge is 0.00951 e. The van der Waals surface area contributed by atoms with Crippen molar-refractivity contribution in [2.24, 2.45) is 5.92 Å². The third-order valence-electron chi connectivity index (χ3n) is 4.68. The number of benzene rings is 1. The van der Waals surface area contributed by atoms with E-state index in [2.05, 4.69) is 49.5 Å². The van der Waals surface area contributed by atoms with E-state index in [4.69, 9.17) is 0 Å². The minimum absolute atomic E-state index is 0.756. The maximum Gasteiger partial charge on any atom is 0.00951 e. The Hall–Kier alpha value is -0.820. The van der Waals surface area contributed by atoms with Gasteiger partial charge in [0.1, 0.15) is 0 Å². The van der Waals surface area contributed by atoms with Crippen molar-refractivity contribution in [3.63, 3.8) is 0 Å². The SMILES string of the molecule is CCCC(NCC)C1CCC(c2ccccc2)CC1. The molecule has 1 unspecified atom stereocenters. The van der Waals surface area contributed by atoms with Crippen LogP contribution >= 0.6 is 0 Å². The van der Waals surface area contributed by atoms with Crippen molar-refractivity contribution >= 4 is 0 Å². The molecule has 1 N–H and O–H groups in total. The molecular weight excluding hydrogens is 230 g/mol. The van der Waals surface area contributed by atoms with Gasteiger partial charge in [0.2, 0.25) is 0 Å². The van der Waals surface area contributed by atoms with Crippen LogP contribution in [0.2, 0.25) is 0 Å². The molecule has 0 spiro atoms. The number of hydrogen-bond donors (Lipinski definition) is 1. The fourth-order valence-corrected chi connectivity index (χ4v) is 3.66. The monoisotopic (exact) mass is 259 g/mol. The summed E-state index contributed by atoms with van der Waals surface area (Å²) in [5.74, 6) is 1.71. The Labute approximate surface area is 118 Å². The van der Waals surface area contributed by atoms with Gasteiger partial charge in [-0.15, -0.1) is 0 Å². The zero-order valence-electron chi connectivity index (χ0n) is 12.6. The van der Waals surface area contributed by atoms with Crippen LogP contribution < -0.4 is 5.32 Å². The second-order valence-corrected chi connectivity index (χ2v) is 5.98. The first-order valence-electron chi connectivity index (χ1n) is 8.13. The van der Waals surface area contributed by atoms with Gasteiger partial charge in [-0.1, -0.05) is 50.6 Å². The highest BCUT2D eigenvalue weighted by Crippen LogP contribution is 2.37.